The average molecular weight is 312 g/mol. The number of hydrogen-bond acceptors (Lipinski definition) is 4. The van der Waals surface area contributed by atoms with Crippen LogP contribution in [0.4, 0.5) is 5.82 Å². The molecule has 0 saturated heterocycles. The minimum atomic E-state index is 0.557. The molecule has 4 heteroatoms. The number of nitrogens with one attached hydrogen (secondary N) is 1. The smallest absolute Gasteiger partial charge is 0.150 e. The first kappa shape index (κ1) is 15.1. The van der Waals surface area contributed by atoms with Crippen molar-refractivity contribution >= 4 is 11.5 Å². The lowest BCUT2D eigenvalue weighted by molar-refractivity contribution is -0.0482. The van der Waals surface area contributed by atoms with Crippen LogP contribution >= 0.6 is 0 Å². The topological polar surface area (TPSA) is 50.2 Å². The molecule has 1 aromatic rings. The maximum atomic E-state index is 4.63. The van der Waals surface area contributed by atoms with Crippen LogP contribution in [0.5, 0.6) is 0 Å². The van der Waals surface area contributed by atoms with Crippen LogP contribution in [-0.4, -0.2) is 15.7 Å². The Morgan fingerprint density at radius 3 is 2.30 bits per heavy atom. The molecule has 4 aliphatic carbocycles. The molecule has 0 aliphatic heterocycles. The van der Waals surface area contributed by atoms with E-state index in [0.29, 0.717) is 5.41 Å². The van der Waals surface area contributed by atoms with Gasteiger partial charge < -0.3 is 0 Å². The van der Waals surface area contributed by atoms with Crippen molar-refractivity contribution in [1.29, 1.82) is 0 Å². The van der Waals surface area contributed by atoms with Gasteiger partial charge in [0, 0.05) is 17.5 Å². The molecule has 0 radical (unpaired) electrons. The van der Waals surface area contributed by atoms with Crippen LogP contribution in [0.2, 0.25) is 0 Å². The molecule has 5 rings (SSSR count). The fraction of sp³-hybridized carbons (Fsp3) is 0.737. The molecule has 1 heterocycles. The molecule has 4 bridgehead atoms. The number of nitrogens with zero attached hydrogens (tertiary/aromatic N) is 3. The third-order valence-electron chi connectivity index (χ3n) is 6.12. The summed E-state index contributed by atoms with van der Waals surface area (Å²) in [5.74, 6) is 4.62. The molecule has 4 saturated carbocycles. The van der Waals surface area contributed by atoms with Crippen LogP contribution in [0.25, 0.3) is 0 Å². The SMILES string of the molecule is CC(CC12CC3CC(CC(C3)C1)C2)=NNc1cc(C)nc(C)n1. The summed E-state index contributed by atoms with van der Waals surface area (Å²) in [6, 6.07) is 1.95. The summed E-state index contributed by atoms with van der Waals surface area (Å²) in [4.78, 5) is 8.71. The predicted octanol–water partition coefficient (Wildman–Crippen LogP) is 4.49. The summed E-state index contributed by atoms with van der Waals surface area (Å²) >= 11 is 0. The molecule has 1 aromatic heterocycles. The third-order valence-corrected chi connectivity index (χ3v) is 6.12. The van der Waals surface area contributed by atoms with Gasteiger partial charge in [0.25, 0.3) is 0 Å². The van der Waals surface area contributed by atoms with Crippen molar-refractivity contribution in [3.05, 3.63) is 17.6 Å². The van der Waals surface area contributed by atoms with Crippen molar-refractivity contribution < 1.29 is 0 Å². The van der Waals surface area contributed by atoms with Gasteiger partial charge in [-0.1, -0.05) is 0 Å². The van der Waals surface area contributed by atoms with E-state index in [9.17, 15) is 0 Å². The monoisotopic (exact) mass is 312 g/mol. The van der Waals surface area contributed by atoms with Crippen LogP contribution < -0.4 is 5.43 Å². The molecule has 0 spiro atoms. The first-order chi connectivity index (χ1) is 11.0. The minimum Gasteiger partial charge on any atom is -0.261 e. The fourth-order valence-corrected chi connectivity index (χ4v) is 6.02. The van der Waals surface area contributed by atoms with Crippen molar-refractivity contribution in [2.45, 2.75) is 65.7 Å². The Labute approximate surface area is 139 Å². The van der Waals surface area contributed by atoms with E-state index in [1.807, 2.05) is 19.9 Å². The van der Waals surface area contributed by atoms with E-state index in [-0.39, 0.29) is 0 Å². The van der Waals surface area contributed by atoms with Crippen molar-refractivity contribution in [2.75, 3.05) is 5.43 Å². The number of aryl methyl sites for hydroxylation is 2. The van der Waals surface area contributed by atoms with Crippen LogP contribution in [0.15, 0.2) is 11.2 Å². The normalized spacial score (nSPS) is 35.6. The second kappa shape index (κ2) is 5.57. The Balaban J connectivity index is 1.44. The zero-order chi connectivity index (χ0) is 16.0. The first-order valence-corrected chi connectivity index (χ1v) is 9.11. The Morgan fingerprint density at radius 1 is 1.13 bits per heavy atom. The van der Waals surface area contributed by atoms with Gasteiger partial charge in [0.1, 0.15) is 11.6 Å². The van der Waals surface area contributed by atoms with Crippen molar-refractivity contribution in [3.63, 3.8) is 0 Å². The summed E-state index contributed by atoms with van der Waals surface area (Å²) in [6.07, 6.45) is 10.0. The van der Waals surface area contributed by atoms with Crippen molar-refractivity contribution in [3.8, 4) is 0 Å². The Hall–Kier alpha value is -1.45. The summed E-state index contributed by atoms with van der Waals surface area (Å²) < 4.78 is 0. The molecule has 0 atom stereocenters. The summed E-state index contributed by atoms with van der Waals surface area (Å²) in [6.45, 7) is 6.09. The second-order valence-corrected chi connectivity index (χ2v) is 8.49. The lowest BCUT2D eigenvalue weighted by Crippen LogP contribution is -2.46. The lowest BCUT2D eigenvalue weighted by Gasteiger charge is -2.57. The number of hydrogen-bond donors (Lipinski definition) is 1. The Bertz CT molecular complexity index is 579. The van der Waals surface area contributed by atoms with Crippen LogP contribution in [-0.2, 0) is 0 Å². The number of aromatic nitrogens is 2. The van der Waals surface area contributed by atoms with Gasteiger partial charge in [-0.15, -0.1) is 0 Å². The van der Waals surface area contributed by atoms with E-state index < -0.39 is 0 Å². The average Bonchev–Trinajstić information content (AvgIpc) is 2.42. The molecular formula is C19H28N4. The largest absolute Gasteiger partial charge is 0.261 e. The van der Waals surface area contributed by atoms with Gasteiger partial charge in [-0.2, -0.15) is 5.10 Å². The van der Waals surface area contributed by atoms with Gasteiger partial charge >= 0.3 is 0 Å². The summed E-state index contributed by atoms with van der Waals surface area (Å²) in [5, 5.41) is 4.63. The number of hydrazone groups is 1. The Morgan fingerprint density at radius 2 is 1.74 bits per heavy atom. The minimum absolute atomic E-state index is 0.557. The fourth-order valence-electron chi connectivity index (χ4n) is 6.02. The maximum Gasteiger partial charge on any atom is 0.150 e. The molecular weight excluding hydrogens is 284 g/mol. The van der Waals surface area contributed by atoms with Crippen molar-refractivity contribution in [2.24, 2.45) is 28.3 Å². The highest BCUT2D eigenvalue weighted by Gasteiger charge is 2.50. The van der Waals surface area contributed by atoms with Crippen molar-refractivity contribution in [1.82, 2.24) is 9.97 Å². The van der Waals surface area contributed by atoms with Crippen LogP contribution in [0, 0.1) is 37.0 Å². The third kappa shape index (κ3) is 3.13. The van der Waals surface area contributed by atoms with Gasteiger partial charge in [0.15, 0.2) is 0 Å². The molecule has 23 heavy (non-hydrogen) atoms. The van der Waals surface area contributed by atoms with E-state index in [4.69, 9.17) is 0 Å². The molecule has 1 N–H and O–H groups in total. The van der Waals surface area contributed by atoms with Gasteiger partial charge in [-0.3, -0.25) is 5.43 Å². The zero-order valence-corrected chi connectivity index (χ0v) is 14.6. The van der Waals surface area contributed by atoms with Crippen LogP contribution in [0.1, 0.15) is 63.4 Å². The van der Waals surface area contributed by atoms with E-state index in [0.717, 1.165) is 41.5 Å². The standard InChI is InChI=1S/C19H28N4/c1-12-4-18(21-14(3)20-12)23-22-13(2)8-19-9-15-5-16(10-19)7-17(6-15)11-19/h4,15-17H,5-11H2,1-3H3,(H,20,21,23). The van der Waals surface area contributed by atoms with Crippen LogP contribution in [0.3, 0.4) is 0 Å². The molecule has 0 aromatic carbocycles. The number of anilines is 1. The molecule has 0 amide bonds. The second-order valence-electron chi connectivity index (χ2n) is 8.49. The van der Waals surface area contributed by atoms with E-state index in [1.54, 1.807) is 0 Å². The Kier molecular flexibility index (Phi) is 3.66. The van der Waals surface area contributed by atoms with Gasteiger partial charge in [-0.25, -0.2) is 9.97 Å². The summed E-state index contributed by atoms with van der Waals surface area (Å²) in [7, 11) is 0. The van der Waals surface area contributed by atoms with E-state index in [1.165, 1.54) is 44.2 Å². The highest BCUT2D eigenvalue weighted by molar-refractivity contribution is 5.83. The molecule has 4 fully saturated rings. The molecule has 0 unspecified atom stereocenters. The number of rotatable bonds is 4. The van der Waals surface area contributed by atoms with E-state index in [2.05, 4.69) is 27.4 Å². The molecule has 4 nitrogen and oxygen atoms in total. The highest BCUT2D eigenvalue weighted by Crippen LogP contribution is 2.61. The first-order valence-electron chi connectivity index (χ1n) is 9.11. The van der Waals surface area contributed by atoms with Gasteiger partial charge in [0.05, 0.1) is 0 Å². The van der Waals surface area contributed by atoms with Gasteiger partial charge in [0.2, 0.25) is 0 Å². The molecule has 4 aliphatic rings. The van der Waals surface area contributed by atoms with Gasteiger partial charge in [-0.05, 0) is 88.9 Å². The lowest BCUT2D eigenvalue weighted by atomic mass is 9.48. The highest BCUT2D eigenvalue weighted by atomic mass is 15.3. The predicted molar refractivity (Wildman–Crippen MR) is 93.5 cm³/mol. The zero-order valence-electron chi connectivity index (χ0n) is 14.6. The summed E-state index contributed by atoms with van der Waals surface area (Å²) in [5.41, 5.74) is 5.91. The maximum absolute atomic E-state index is 4.63. The molecule has 124 valence electrons. The van der Waals surface area contributed by atoms with E-state index >= 15 is 0 Å². The quantitative estimate of drug-likeness (QED) is 0.658.